The number of carbonyl (C=O) groups is 1. The van der Waals surface area contributed by atoms with E-state index in [2.05, 4.69) is 20.9 Å². The molecule has 1 heterocycles. The van der Waals surface area contributed by atoms with E-state index >= 15 is 0 Å². The van der Waals surface area contributed by atoms with E-state index in [0.717, 1.165) is 5.56 Å². The molecule has 1 amide bonds. The molecule has 0 bridgehead atoms. The van der Waals surface area contributed by atoms with Crippen LogP contribution in [0.2, 0.25) is 5.02 Å². The van der Waals surface area contributed by atoms with Crippen molar-refractivity contribution in [3.05, 3.63) is 34.9 Å². The molecule has 0 spiro atoms. The predicted molar refractivity (Wildman–Crippen MR) is 89.2 cm³/mol. The average molecular weight is 361 g/mol. The molecule has 1 aliphatic heterocycles. The number of hydrazine groups is 1. The van der Waals surface area contributed by atoms with Gasteiger partial charge in [-0.3, -0.25) is 15.6 Å². The Morgan fingerprint density at radius 1 is 1.17 bits per heavy atom. The van der Waals surface area contributed by atoms with E-state index in [1.165, 1.54) is 0 Å². The number of sulfonamides is 1. The van der Waals surface area contributed by atoms with Gasteiger partial charge in [0.2, 0.25) is 15.9 Å². The third-order valence-corrected chi connectivity index (χ3v) is 6.05. The minimum absolute atomic E-state index is 0.236. The first-order chi connectivity index (χ1) is 10.8. The van der Waals surface area contributed by atoms with Gasteiger partial charge in [0.1, 0.15) is 5.25 Å². The van der Waals surface area contributed by atoms with Crippen molar-refractivity contribution in [1.82, 2.24) is 20.9 Å². The first-order valence-electron chi connectivity index (χ1n) is 7.30. The van der Waals surface area contributed by atoms with Crippen LogP contribution >= 0.6 is 11.6 Å². The lowest BCUT2D eigenvalue weighted by Crippen LogP contribution is -2.47. The molecule has 0 aromatic heterocycles. The highest BCUT2D eigenvalue weighted by Crippen LogP contribution is 2.14. The molecule has 1 fully saturated rings. The van der Waals surface area contributed by atoms with Crippen molar-refractivity contribution >= 4 is 27.5 Å². The van der Waals surface area contributed by atoms with Crippen molar-refractivity contribution in [3.63, 3.8) is 0 Å². The third kappa shape index (κ3) is 4.89. The molecule has 0 saturated carbocycles. The summed E-state index contributed by atoms with van der Waals surface area (Å²) < 4.78 is 26.9. The Hall–Kier alpha value is -1.19. The molecule has 2 unspecified atom stereocenters. The van der Waals surface area contributed by atoms with Gasteiger partial charge in [-0.05, 0) is 31.5 Å². The quantitative estimate of drug-likeness (QED) is 0.578. The number of amides is 1. The Balaban J connectivity index is 1.82. The van der Waals surface area contributed by atoms with E-state index in [-0.39, 0.29) is 24.5 Å². The monoisotopic (exact) mass is 360 g/mol. The number of carbonyl (C=O) groups excluding carboxylic acids is 1. The molecule has 1 saturated heterocycles. The Morgan fingerprint density at radius 3 is 2.30 bits per heavy atom. The van der Waals surface area contributed by atoms with Crippen LogP contribution < -0.4 is 20.9 Å². The first kappa shape index (κ1) is 18.2. The summed E-state index contributed by atoms with van der Waals surface area (Å²) in [5.41, 5.74) is 6.65. The summed E-state index contributed by atoms with van der Waals surface area (Å²) in [7, 11) is -3.60. The lowest BCUT2D eigenvalue weighted by Gasteiger charge is -2.18. The maximum Gasteiger partial charge on any atom is 0.235 e. The molecule has 128 valence electrons. The lowest BCUT2D eigenvalue weighted by atomic mass is 10.2. The predicted octanol–water partition coefficient (Wildman–Crippen LogP) is 0.129. The van der Waals surface area contributed by atoms with Gasteiger partial charge >= 0.3 is 0 Å². The SMILES string of the molecule is CC1NNC(C)C1S(=O)(=O)NCC(=O)NCc1ccc(Cl)cc1. The van der Waals surface area contributed by atoms with E-state index < -0.39 is 15.3 Å². The fourth-order valence-electron chi connectivity index (χ4n) is 2.53. The van der Waals surface area contributed by atoms with Crippen LogP contribution in [0.3, 0.4) is 0 Å². The first-order valence-corrected chi connectivity index (χ1v) is 9.22. The smallest absolute Gasteiger partial charge is 0.235 e. The summed E-state index contributed by atoms with van der Waals surface area (Å²) in [4.78, 5) is 11.8. The molecule has 2 atom stereocenters. The lowest BCUT2D eigenvalue weighted by molar-refractivity contribution is -0.120. The van der Waals surface area contributed by atoms with Crippen LogP contribution in [-0.2, 0) is 21.4 Å². The van der Waals surface area contributed by atoms with Gasteiger partial charge in [0.25, 0.3) is 0 Å². The third-order valence-electron chi connectivity index (χ3n) is 3.72. The number of nitrogens with one attached hydrogen (secondary N) is 4. The van der Waals surface area contributed by atoms with Gasteiger partial charge < -0.3 is 5.32 Å². The van der Waals surface area contributed by atoms with E-state index in [4.69, 9.17) is 11.6 Å². The molecule has 23 heavy (non-hydrogen) atoms. The van der Waals surface area contributed by atoms with Gasteiger partial charge in [-0.2, -0.15) is 0 Å². The number of benzene rings is 1. The standard InChI is InChI=1S/C14H21ClN4O3S/c1-9-14(10(2)19-18-9)23(21,22)17-8-13(20)16-7-11-3-5-12(15)6-4-11/h3-6,9-10,14,17-19H,7-8H2,1-2H3,(H,16,20). The molecule has 7 nitrogen and oxygen atoms in total. The van der Waals surface area contributed by atoms with Crippen molar-refractivity contribution in [2.75, 3.05) is 6.54 Å². The van der Waals surface area contributed by atoms with Crippen molar-refractivity contribution in [1.29, 1.82) is 0 Å². The Morgan fingerprint density at radius 2 is 1.74 bits per heavy atom. The maximum atomic E-state index is 12.3. The second-order valence-corrected chi connectivity index (χ2v) is 7.96. The number of hydrogen-bond donors (Lipinski definition) is 4. The normalized spacial score (nSPS) is 24.6. The summed E-state index contributed by atoms with van der Waals surface area (Å²) >= 11 is 5.79. The van der Waals surface area contributed by atoms with Crippen LogP contribution in [0.5, 0.6) is 0 Å². The van der Waals surface area contributed by atoms with Gasteiger partial charge in [-0.15, -0.1) is 0 Å². The van der Waals surface area contributed by atoms with Crippen LogP contribution in [0.4, 0.5) is 0 Å². The molecule has 4 N–H and O–H groups in total. The Kier molecular flexibility index (Phi) is 5.99. The van der Waals surface area contributed by atoms with Gasteiger partial charge in [0, 0.05) is 23.7 Å². The molecule has 1 aromatic carbocycles. The number of halogens is 1. The van der Waals surface area contributed by atoms with Crippen molar-refractivity contribution in [2.45, 2.75) is 37.7 Å². The molecule has 0 aliphatic carbocycles. The molecule has 1 aliphatic rings. The van der Waals surface area contributed by atoms with E-state index in [1.807, 2.05) is 0 Å². The largest absolute Gasteiger partial charge is 0.351 e. The van der Waals surface area contributed by atoms with Crippen molar-refractivity contribution in [3.8, 4) is 0 Å². The molecular formula is C14H21ClN4O3S. The Labute approximate surface area is 141 Å². The molecule has 1 aromatic rings. The van der Waals surface area contributed by atoms with Crippen molar-refractivity contribution < 1.29 is 13.2 Å². The van der Waals surface area contributed by atoms with Crippen LogP contribution in [-0.4, -0.2) is 38.2 Å². The van der Waals surface area contributed by atoms with Crippen LogP contribution in [0.25, 0.3) is 0 Å². The number of hydrogen-bond acceptors (Lipinski definition) is 5. The van der Waals surface area contributed by atoms with Gasteiger partial charge in [-0.25, -0.2) is 13.1 Å². The van der Waals surface area contributed by atoms with E-state index in [0.29, 0.717) is 11.6 Å². The topological polar surface area (TPSA) is 99.3 Å². The molecule has 2 rings (SSSR count). The minimum Gasteiger partial charge on any atom is -0.351 e. The average Bonchev–Trinajstić information content (AvgIpc) is 2.84. The molecular weight excluding hydrogens is 340 g/mol. The fourth-order valence-corrected chi connectivity index (χ4v) is 4.39. The second kappa shape index (κ2) is 7.59. The minimum atomic E-state index is -3.60. The summed E-state index contributed by atoms with van der Waals surface area (Å²) in [5, 5.41) is 2.65. The number of rotatable bonds is 6. The van der Waals surface area contributed by atoms with Gasteiger partial charge in [0.15, 0.2) is 0 Å². The fraction of sp³-hybridized carbons (Fsp3) is 0.500. The van der Waals surface area contributed by atoms with Crippen molar-refractivity contribution in [2.24, 2.45) is 0 Å². The zero-order valence-corrected chi connectivity index (χ0v) is 14.5. The Bertz CT molecular complexity index is 640. The summed E-state index contributed by atoms with van der Waals surface area (Å²) in [6.07, 6.45) is 0. The van der Waals surface area contributed by atoms with Crippen LogP contribution in [0.15, 0.2) is 24.3 Å². The van der Waals surface area contributed by atoms with Crippen LogP contribution in [0, 0.1) is 0 Å². The zero-order chi connectivity index (χ0) is 17.0. The van der Waals surface area contributed by atoms with E-state index in [9.17, 15) is 13.2 Å². The highest BCUT2D eigenvalue weighted by molar-refractivity contribution is 7.90. The highest BCUT2D eigenvalue weighted by atomic mass is 35.5. The second-order valence-electron chi connectivity index (χ2n) is 5.60. The highest BCUT2D eigenvalue weighted by Gasteiger charge is 2.40. The summed E-state index contributed by atoms with van der Waals surface area (Å²) in [6.45, 7) is 3.59. The molecule has 9 heteroatoms. The van der Waals surface area contributed by atoms with E-state index in [1.54, 1.807) is 38.1 Å². The van der Waals surface area contributed by atoms with Gasteiger partial charge in [-0.1, -0.05) is 23.7 Å². The summed E-state index contributed by atoms with van der Waals surface area (Å²) in [6, 6.07) is 6.58. The molecule has 0 radical (unpaired) electrons. The summed E-state index contributed by atoms with van der Waals surface area (Å²) in [5.74, 6) is -0.386. The zero-order valence-electron chi connectivity index (χ0n) is 13.0. The van der Waals surface area contributed by atoms with Gasteiger partial charge in [0.05, 0.1) is 6.54 Å². The van der Waals surface area contributed by atoms with Crippen LogP contribution in [0.1, 0.15) is 19.4 Å². The maximum absolute atomic E-state index is 12.3.